The Balaban J connectivity index is 2.70. The van der Waals surface area contributed by atoms with Gasteiger partial charge in [0.2, 0.25) is 12.6 Å². The molecule has 862 valence electrons. The number of carbonyl (C=O) groups is 5. The van der Waals surface area contributed by atoms with Crippen LogP contribution in [0.1, 0.15) is 638 Å². The zero-order valence-electron chi connectivity index (χ0n) is 99.5. The van der Waals surface area contributed by atoms with Crippen LogP contribution in [0.3, 0.4) is 0 Å². The maximum absolute atomic E-state index is 15.1. The number of hydrogen-bond donors (Lipinski definition) is 3. The molecule has 16 nitrogen and oxygen atoms in total. The Morgan fingerprint density at radius 2 is 0.463 bits per heavy atom. The number of rotatable bonds is 102. The number of allylic oxidation sites excluding steroid dienone is 4. The highest BCUT2D eigenvalue weighted by molar-refractivity contribution is 5.89. The van der Waals surface area contributed by atoms with Gasteiger partial charge >= 0.3 is 29.8 Å². The highest BCUT2D eigenvalue weighted by atomic mass is 16.8. The predicted molar refractivity (Wildman–Crippen MR) is 619 cm³/mol. The van der Waals surface area contributed by atoms with Crippen LogP contribution in [0.5, 0.6) is 0 Å². The molecule has 0 aromatic rings. The molecule has 0 bridgehead atoms. The number of ether oxygens (including phenoxy) is 8. The molecule has 0 spiro atoms. The maximum Gasteiger partial charge on any atom is 0.333 e. The van der Waals surface area contributed by atoms with Crippen molar-refractivity contribution in [3.05, 3.63) is 46.6 Å². The molecule has 0 aromatic heterocycles. The lowest BCUT2D eigenvalue weighted by Crippen LogP contribution is -2.66. The van der Waals surface area contributed by atoms with Gasteiger partial charge in [-0.15, -0.1) is 0 Å². The van der Waals surface area contributed by atoms with E-state index in [2.05, 4.69) is 90.0 Å². The fraction of sp³-hybridized carbons (Fsp3) is 0.901. The van der Waals surface area contributed by atoms with E-state index in [0.29, 0.717) is 41.2 Å². The van der Waals surface area contributed by atoms with Crippen molar-refractivity contribution in [2.45, 2.75) is 699 Å². The van der Waals surface area contributed by atoms with E-state index in [1.165, 1.54) is 405 Å². The second kappa shape index (κ2) is 95.5. The molecular weight excluding hydrogens is 1830 g/mol. The van der Waals surface area contributed by atoms with E-state index in [9.17, 15) is 29.7 Å². The van der Waals surface area contributed by atoms with E-state index < -0.39 is 104 Å². The van der Waals surface area contributed by atoms with Gasteiger partial charge in [0.25, 0.3) is 0 Å². The summed E-state index contributed by atoms with van der Waals surface area (Å²) in [5.41, 5.74) is 1.18. The molecule has 16 heteroatoms. The van der Waals surface area contributed by atoms with E-state index in [4.69, 9.17) is 37.9 Å². The molecule has 2 saturated heterocycles. The number of aliphatic hydroxyl groups is 3. The van der Waals surface area contributed by atoms with Crippen LogP contribution in [0.2, 0.25) is 0 Å². The van der Waals surface area contributed by atoms with Gasteiger partial charge in [-0.25, -0.2) is 19.2 Å². The SMILES string of the molecule is CCCCCCCCCCCCCCCCCCC[C@H](C)C[C@H](C)/C=C(\C)C(=O)OC1[C@H](O)C(COC(=O)/C(C)=C/[C@@H](C)C[C@@H](C)CCCCCCCCCCCCCCCC)O[C@H](O[C@H]2OC(CO)[C@@H](OC(=O)/C(C)=C/[C@@H](C)C[C@@H](C)CCCCCCCCCCCCCCCC)C(O)[C@@H]2OC(=O)/C(C)=C/[C@@H](C)C[C@@H](C)CCCCCCCCCCCCCCCC)[C@@H]1OC(=O)CCCCCCCCCCCCCCC. The van der Waals surface area contributed by atoms with Crippen molar-refractivity contribution < 1.29 is 77.2 Å². The lowest BCUT2D eigenvalue weighted by Gasteiger charge is -2.47. The van der Waals surface area contributed by atoms with Crippen molar-refractivity contribution in [1.82, 2.24) is 0 Å². The van der Waals surface area contributed by atoms with Crippen LogP contribution in [0.25, 0.3) is 0 Å². The van der Waals surface area contributed by atoms with E-state index in [0.717, 1.165) is 103 Å². The minimum absolute atomic E-state index is 0.00113. The van der Waals surface area contributed by atoms with Crippen LogP contribution in [0.15, 0.2) is 46.6 Å². The summed E-state index contributed by atoms with van der Waals surface area (Å²) in [6.07, 6.45) is 89.5. The summed E-state index contributed by atoms with van der Waals surface area (Å²) >= 11 is 0. The molecule has 3 N–H and O–H groups in total. The number of carbonyl (C=O) groups excluding carboxylic acids is 5. The first-order valence-corrected chi connectivity index (χ1v) is 63.9. The summed E-state index contributed by atoms with van der Waals surface area (Å²) in [7, 11) is 0. The van der Waals surface area contributed by atoms with Gasteiger partial charge in [-0.2, -0.15) is 0 Å². The molecule has 147 heavy (non-hydrogen) atoms. The Hall–Kier alpha value is -3.93. The van der Waals surface area contributed by atoms with E-state index in [1.807, 2.05) is 24.3 Å². The highest BCUT2D eigenvalue weighted by Crippen LogP contribution is 2.37. The van der Waals surface area contributed by atoms with Crippen LogP contribution in [0.4, 0.5) is 0 Å². The molecule has 2 aliphatic heterocycles. The maximum atomic E-state index is 15.1. The van der Waals surface area contributed by atoms with Crippen molar-refractivity contribution in [2.24, 2.45) is 47.3 Å². The monoisotopic (exact) mass is 2070 g/mol. The summed E-state index contributed by atoms with van der Waals surface area (Å²) in [4.78, 5) is 74.1. The highest BCUT2D eigenvalue weighted by Gasteiger charge is 2.56. The van der Waals surface area contributed by atoms with Crippen molar-refractivity contribution in [1.29, 1.82) is 0 Å². The van der Waals surface area contributed by atoms with Crippen molar-refractivity contribution >= 4 is 29.8 Å². The summed E-state index contributed by atoms with van der Waals surface area (Å²) in [5, 5.41) is 37.5. The molecule has 0 amide bonds. The zero-order chi connectivity index (χ0) is 108. The van der Waals surface area contributed by atoms with Crippen LogP contribution in [-0.4, -0.2) is 120 Å². The van der Waals surface area contributed by atoms with Gasteiger partial charge in [-0.3, -0.25) is 4.79 Å². The first-order chi connectivity index (χ1) is 71.2. The van der Waals surface area contributed by atoms with Gasteiger partial charge in [0.05, 0.1) is 6.61 Å². The third kappa shape index (κ3) is 74.8. The Bertz CT molecular complexity index is 3210. The van der Waals surface area contributed by atoms with Gasteiger partial charge in [0.15, 0.2) is 24.4 Å². The molecule has 18 atom stereocenters. The Labute approximate surface area is 908 Å². The topological polar surface area (TPSA) is 220 Å². The second-order valence-corrected chi connectivity index (χ2v) is 47.8. The quantitative estimate of drug-likeness (QED) is 0.0223. The van der Waals surface area contributed by atoms with E-state index in [1.54, 1.807) is 27.7 Å². The Morgan fingerprint density at radius 1 is 0.252 bits per heavy atom. The molecule has 0 saturated carbocycles. The summed E-state index contributed by atoms with van der Waals surface area (Å²) in [5.74, 6) is -2.16. The lowest BCUT2D eigenvalue weighted by atomic mass is 9.91. The summed E-state index contributed by atoms with van der Waals surface area (Å²) < 4.78 is 52.2. The molecule has 0 radical (unpaired) electrons. The normalized spacial score (nSPS) is 20.2. The largest absolute Gasteiger partial charge is 0.459 e. The van der Waals surface area contributed by atoms with Crippen LogP contribution >= 0.6 is 0 Å². The van der Waals surface area contributed by atoms with Gasteiger partial charge in [-0.1, -0.05) is 596 Å². The number of esters is 5. The Kier molecular flexibility index (Phi) is 90.4. The molecule has 2 heterocycles. The van der Waals surface area contributed by atoms with E-state index in [-0.39, 0.29) is 41.2 Å². The molecule has 0 aliphatic carbocycles. The lowest BCUT2D eigenvalue weighted by molar-refractivity contribution is -0.377. The first-order valence-electron chi connectivity index (χ1n) is 63.9. The average Bonchev–Trinajstić information content (AvgIpc) is 0.768. The van der Waals surface area contributed by atoms with Gasteiger partial charge < -0.3 is 53.2 Å². The molecular formula is C131H242O16. The molecule has 2 rings (SSSR count). The minimum atomic E-state index is -1.92. The number of aliphatic hydroxyl groups excluding tert-OH is 3. The third-order valence-corrected chi connectivity index (χ3v) is 32.0. The van der Waals surface area contributed by atoms with Crippen molar-refractivity contribution in [3.63, 3.8) is 0 Å². The fourth-order valence-corrected chi connectivity index (χ4v) is 22.9. The number of hydrogen-bond acceptors (Lipinski definition) is 16. The minimum Gasteiger partial charge on any atom is -0.459 e. The smallest absolute Gasteiger partial charge is 0.333 e. The third-order valence-electron chi connectivity index (χ3n) is 32.0. The molecule has 2 aliphatic rings. The van der Waals surface area contributed by atoms with Gasteiger partial charge in [-0.05, 0) is 107 Å². The second-order valence-electron chi connectivity index (χ2n) is 47.8. The van der Waals surface area contributed by atoms with Crippen molar-refractivity contribution in [3.8, 4) is 0 Å². The summed E-state index contributed by atoms with van der Waals surface area (Å²) in [6.45, 7) is 34.2. The van der Waals surface area contributed by atoms with E-state index >= 15 is 9.59 Å². The van der Waals surface area contributed by atoms with Gasteiger partial charge in [0.1, 0.15) is 31.0 Å². The number of unbranched alkanes of at least 4 members (excludes halogenated alkanes) is 67. The van der Waals surface area contributed by atoms with Gasteiger partial charge in [0, 0.05) is 28.7 Å². The van der Waals surface area contributed by atoms with Crippen molar-refractivity contribution in [2.75, 3.05) is 13.2 Å². The van der Waals surface area contributed by atoms with Crippen LogP contribution < -0.4 is 0 Å². The fourth-order valence-electron chi connectivity index (χ4n) is 22.9. The average molecular weight is 2070 g/mol. The first kappa shape index (κ1) is 139. The van der Waals surface area contributed by atoms with Crippen LogP contribution in [-0.2, 0) is 61.9 Å². The molecule has 2 fully saturated rings. The van der Waals surface area contributed by atoms with Crippen LogP contribution in [0, 0.1) is 47.3 Å². The predicted octanol–water partition coefficient (Wildman–Crippen LogP) is 37.9. The standard InChI is InChI=1S/C131H242O16/c1-18-23-28-33-38-43-48-53-57-58-59-64-68-73-78-82-87-92-107(8)97-111(12)101-115(16)128(138)145-123-120(134)118(104-140-126(136)113(14)99-109(10)95-105(6)90-85-80-75-70-65-61-54-49-44-39-34-29-24-19-2)142-131(125(123)143-119(133)94-89-84-79-74-69-60-52-47-42-37-32-27-22-5)147-130-124(146-129(139)116(17)102-112(13)98-108(9)93-88-83-77-72-67-63-56-51-46-41-36-31-26-21-4)121(135)122(117(103-132)141-130)144-127(137)114(15)100-110(11)96-106(7)91-86-81-76-71-66-62-55-50-45-40-35-30-25-20-3/h99-102,105-112,117-118,120-125,130-132,134-135H,18-98,103-104H2,1-17H3/b113-99+,114-100+,115-101+,116-102+/t105-,106-,107-,108-,109-,110-,111-,112-,117?,118?,120+,121?,122+,123?,124-,125+,130+,131+/m0/s1. The Morgan fingerprint density at radius 3 is 0.714 bits per heavy atom. The molecule has 0 aromatic carbocycles. The zero-order valence-corrected chi connectivity index (χ0v) is 99.5. The molecule has 4 unspecified atom stereocenters. The summed E-state index contributed by atoms with van der Waals surface area (Å²) in [6, 6.07) is 0.